The minimum atomic E-state index is -0.257. The molecule has 1 amide bonds. The van der Waals surface area contributed by atoms with E-state index in [1.807, 2.05) is 13.8 Å². The summed E-state index contributed by atoms with van der Waals surface area (Å²) in [4.78, 5) is 16.5. The molecule has 0 aliphatic carbocycles. The third-order valence-electron chi connectivity index (χ3n) is 4.41. The van der Waals surface area contributed by atoms with Crippen LogP contribution in [0.25, 0.3) is 16.9 Å². The molecule has 0 saturated carbocycles. The first-order valence-corrected chi connectivity index (χ1v) is 8.99. The highest BCUT2D eigenvalue weighted by atomic mass is 16.5. The molecule has 0 aliphatic rings. The molecule has 0 saturated heterocycles. The van der Waals surface area contributed by atoms with Crippen molar-refractivity contribution in [3.05, 3.63) is 59.4 Å². The maximum absolute atomic E-state index is 12.2. The number of ether oxygens (including phenoxy) is 1. The van der Waals surface area contributed by atoms with E-state index in [1.54, 1.807) is 43.6 Å². The van der Waals surface area contributed by atoms with Crippen LogP contribution < -0.4 is 5.32 Å². The number of pyridine rings is 1. The van der Waals surface area contributed by atoms with Crippen LogP contribution in [0.5, 0.6) is 5.88 Å². The summed E-state index contributed by atoms with van der Waals surface area (Å²) in [6, 6.07) is 10.4. The third kappa shape index (κ3) is 4.25. The Morgan fingerprint density at radius 3 is 2.72 bits per heavy atom. The number of aromatic nitrogens is 3. The summed E-state index contributed by atoms with van der Waals surface area (Å²) in [6.45, 7) is 4.12. The van der Waals surface area contributed by atoms with Crippen molar-refractivity contribution in [3.8, 4) is 28.9 Å². The van der Waals surface area contributed by atoms with Crippen molar-refractivity contribution in [2.75, 3.05) is 13.7 Å². The van der Waals surface area contributed by atoms with Gasteiger partial charge in [0, 0.05) is 19.3 Å². The van der Waals surface area contributed by atoms with Crippen LogP contribution in [0, 0.1) is 18.3 Å². The largest absolute Gasteiger partial charge is 0.493 e. The van der Waals surface area contributed by atoms with Crippen molar-refractivity contribution in [3.63, 3.8) is 0 Å². The summed E-state index contributed by atoms with van der Waals surface area (Å²) in [5, 5.41) is 26.7. The summed E-state index contributed by atoms with van der Waals surface area (Å²) in [5.74, 6) is 0.0462. The molecule has 0 aliphatic heterocycles. The Kier molecular flexibility index (Phi) is 5.90. The van der Waals surface area contributed by atoms with E-state index in [1.165, 1.54) is 10.9 Å². The number of carbonyl (C=O) groups is 1. The number of methoxy groups -OCH3 is 1. The molecular weight excluding hydrogens is 370 g/mol. The monoisotopic (exact) mass is 391 g/mol. The van der Waals surface area contributed by atoms with E-state index in [0.717, 1.165) is 11.1 Å². The van der Waals surface area contributed by atoms with E-state index in [0.29, 0.717) is 29.1 Å². The van der Waals surface area contributed by atoms with Crippen molar-refractivity contribution in [1.29, 1.82) is 5.26 Å². The summed E-state index contributed by atoms with van der Waals surface area (Å²) in [6.07, 6.45) is 2.97. The van der Waals surface area contributed by atoms with Gasteiger partial charge in [0.25, 0.3) is 5.91 Å². The van der Waals surface area contributed by atoms with Crippen LogP contribution in [0.3, 0.4) is 0 Å². The first kappa shape index (κ1) is 20.0. The van der Waals surface area contributed by atoms with Crippen LogP contribution in [0.4, 0.5) is 0 Å². The molecule has 1 unspecified atom stereocenters. The molecule has 29 heavy (non-hydrogen) atoms. The van der Waals surface area contributed by atoms with Crippen LogP contribution in [-0.4, -0.2) is 45.5 Å². The predicted octanol–water partition coefficient (Wildman–Crippen LogP) is 2.58. The maximum atomic E-state index is 12.2. The lowest BCUT2D eigenvalue weighted by Gasteiger charge is -2.12. The Hall–Kier alpha value is -3.70. The molecule has 1 aromatic carbocycles. The minimum Gasteiger partial charge on any atom is -0.493 e. The van der Waals surface area contributed by atoms with Gasteiger partial charge in [-0.1, -0.05) is 6.07 Å². The van der Waals surface area contributed by atoms with Crippen LogP contribution in [0.2, 0.25) is 0 Å². The molecule has 0 radical (unpaired) electrons. The fourth-order valence-corrected chi connectivity index (χ4v) is 2.98. The second-order valence-corrected chi connectivity index (χ2v) is 6.67. The number of carbonyl (C=O) groups excluding carboxylic acids is 1. The molecule has 8 heteroatoms. The van der Waals surface area contributed by atoms with Gasteiger partial charge in [0.15, 0.2) is 5.82 Å². The molecule has 8 nitrogen and oxygen atoms in total. The number of benzene rings is 1. The SMILES string of the molecule is COCC(C)NC(=O)c1ccc(-n2ncc(-c3ccc(C#N)cc3C)c2O)nc1. The van der Waals surface area contributed by atoms with Gasteiger partial charge >= 0.3 is 0 Å². The molecule has 3 rings (SSSR count). The molecule has 3 aromatic rings. The van der Waals surface area contributed by atoms with Crippen LogP contribution >= 0.6 is 0 Å². The van der Waals surface area contributed by atoms with Gasteiger partial charge in [-0.3, -0.25) is 4.79 Å². The number of aryl methyl sites for hydroxylation is 1. The standard InChI is InChI=1S/C21H21N5O3/c1-13-8-15(9-22)4-6-17(13)18-11-24-26(21(18)28)19-7-5-16(10-23-19)20(27)25-14(2)12-29-3/h4-8,10-11,14,28H,12H2,1-3H3,(H,25,27). The van der Waals surface area contributed by atoms with Gasteiger partial charge in [0.1, 0.15) is 0 Å². The number of amides is 1. The zero-order valence-corrected chi connectivity index (χ0v) is 16.4. The fourth-order valence-electron chi connectivity index (χ4n) is 2.98. The minimum absolute atomic E-state index is 0.0729. The first-order chi connectivity index (χ1) is 13.9. The maximum Gasteiger partial charge on any atom is 0.253 e. The van der Waals surface area contributed by atoms with Gasteiger partial charge < -0.3 is 15.2 Å². The van der Waals surface area contributed by atoms with Crippen LogP contribution in [0.15, 0.2) is 42.7 Å². The highest BCUT2D eigenvalue weighted by Gasteiger charge is 2.16. The van der Waals surface area contributed by atoms with Crippen molar-refractivity contribution in [2.45, 2.75) is 19.9 Å². The van der Waals surface area contributed by atoms with E-state index in [9.17, 15) is 9.90 Å². The quantitative estimate of drug-likeness (QED) is 0.668. The van der Waals surface area contributed by atoms with Crippen molar-refractivity contribution < 1.29 is 14.6 Å². The van der Waals surface area contributed by atoms with Crippen molar-refractivity contribution in [1.82, 2.24) is 20.1 Å². The molecule has 0 spiro atoms. The second-order valence-electron chi connectivity index (χ2n) is 6.67. The van der Waals surface area contributed by atoms with Gasteiger partial charge in [-0.05, 0) is 49.2 Å². The Morgan fingerprint density at radius 2 is 2.10 bits per heavy atom. The number of nitrogens with one attached hydrogen (secondary N) is 1. The first-order valence-electron chi connectivity index (χ1n) is 8.99. The highest BCUT2D eigenvalue weighted by Crippen LogP contribution is 2.32. The van der Waals surface area contributed by atoms with Gasteiger partial charge in [-0.2, -0.15) is 15.0 Å². The lowest BCUT2D eigenvalue weighted by Crippen LogP contribution is -2.35. The number of hydrogen-bond donors (Lipinski definition) is 2. The van der Waals surface area contributed by atoms with Gasteiger partial charge in [0.2, 0.25) is 5.88 Å². The van der Waals surface area contributed by atoms with Crippen molar-refractivity contribution in [2.24, 2.45) is 0 Å². The summed E-state index contributed by atoms with van der Waals surface area (Å²) < 4.78 is 6.30. The van der Waals surface area contributed by atoms with E-state index in [-0.39, 0.29) is 17.8 Å². The predicted molar refractivity (Wildman–Crippen MR) is 107 cm³/mol. The number of rotatable bonds is 6. The summed E-state index contributed by atoms with van der Waals surface area (Å²) in [7, 11) is 1.57. The smallest absolute Gasteiger partial charge is 0.253 e. The number of nitriles is 1. The van der Waals surface area contributed by atoms with E-state index >= 15 is 0 Å². The Labute approximate surface area is 168 Å². The number of aromatic hydroxyl groups is 1. The molecule has 148 valence electrons. The normalized spacial score (nSPS) is 11.7. The molecule has 2 N–H and O–H groups in total. The zero-order valence-electron chi connectivity index (χ0n) is 16.4. The zero-order chi connectivity index (χ0) is 21.0. The summed E-state index contributed by atoms with van der Waals surface area (Å²) in [5.41, 5.74) is 3.10. The molecule has 0 bridgehead atoms. The van der Waals surface area contributed by atoms with E-state index in [4.69, 9.17) is 10.00 Å². The van der Waals surface area contributed by atoms with Crippen LogP contribution in [0.1, 0.15) is 28.4 Å². The highest BCUT2D eigenvalue weighted by molar-refractivity contribution is 5.94. The third-order valence-corrected chi connectivity index (χ3v) is 4.41. The van der Waals surface area contributed by atoms with Gasteiger partial charge in [-0.25, -0.2) is 4.98 Å². The topological polar surface area (TPSA) is 113 Å². The van der Waals surface area contributed by atoms with Gasteiger partial charge in [-0.15, -0.1) is 0 Å². The fraction of sp³-hybridized carbons (Fsp3) is 0.238. The molecule has 0 fully saturated rings. The molecule has 2 aromatic heterocycles. The van der Waals surface area contributed by atoms with Crippen molar-refractivity contribution >= 4 is 5.91 Å². The van der Waals surface area contributed by atoms with E-state index < -0.39 is 0 Å². The molecule has 1 atom stereocenters. The molecular formula is C21H21N5O3. The average Bonchev–Trinajstić information content (AvgIpc) is 3.09. The summed E-state index contributed by atoms with van der Waals surface area (Å²) >= 11 is 0. The Morgan fingerprint density at radius 1 is 1.31 bits per heavy atom. The van der Waals surface area contributed by atoms with Gasteiger partial charge in [0.05, 0.1) is 35.6 Å². The van der Waals surface area contributed by atoms with E-state index in [2.05, 4.69) is 21.5 Å². The Balaban J connectivity index is 1.84. The lowest BCUT2D eigenvalue weighted by atomic mass is 10.0. The number of hydrogen-bond acceptors (Lipinski definition) is 6. The van der Waals surface area contributed by atoms with Crippen LogP contribution in [-0.2, 0) is 4.74 Å². The average molecular weight is 391 g/mol. The molecule has 2 heterocycles. The number of nitrogens with zero attached hydrogens (tertiary/aromatic N) is 4. The Bertz CT molecular complexity index is 1070. The second kappa shape index (κ2) is 8.54. The lowest BCUT2D eigenvalue weighted by molar-refractivity contribution is 0.0905.